The molecule has 8 nitrogen and oxygen atoms in total. The van der Waals surface area contributed by atoms with Crippen molar-refractivity contribution in [1.29, 1.82) is 0 Å². The number of hydrogen-bond donors (Lipinski definition) is 3. The smallest absolute Gasteiger partial charge is 0.294 e. The van der Waals surface area contributed by atoms with Gasteiger partial charge in [-0.1, -0.05) is 12.1 Å². The molecular weight excluding hydrogens is 316 g/mol. The maximum absolute atomic E-state index is 11.8. The number of nitrogens with zero attached hydrogens (tertiary/aromatic N) is 1. The topological polar surface area (TPSA) is 122 Å². The highest BCUT2D eigenvalue weighted by Crippen LogP contribution is 2.21. The lowest BCUT2D eigenvalue weighted by molar-refractivity contribution is -0.763. The molecule has 0 saturated heterocycles. The molecule has 0 spiro atoms. The number of carbonyl (C=O) groups is 1. The summed E-state index contributed by atoms with van der Waals surface area (Å²) >= 11 is 0. The summed E-state index contributed by atoms with van der Waals surface area (Å²) in [4.78, 5) is 26.2. The zero-order valence-electron chi connectivity index (χ0n) is 12.4. The van der Waals surface area contributed by atoms with Crippen LogP contribution in [-0.4, -0.2) is 21.2 Å². The van der Waals surface area contributed by atoms with E-state index in [0.29, 0.717) is 16.8 Å². The molecule has 3 N–H and O–H groups in total. The average Bonchev–Trinajstić information content (AvgIpc) is 2.51. The van der Waals surface area contributed by atoms with Crippen LogP contribution in [0.5, 0.6) is 11.5 Å². The molecule has 0 aliphatic rings. The van der Waals surface area contributed by atoms with Gasteiger partial charge in [0, 0.05) is 17.8 Å². The predicted octanol–water partition coefficient (Wildman–Crippen LogP) is 2.46. The number of carbonyl (C=O) groups excluding carboxylic acids is 1. The molecule has 124 valence electrons. The van der Waals surface area contributed by atoms with Crippen LogP contribution in [0.15, 0.2) is 48.5 Å². The summed E-state index contributed by atoms with van der Waals surface area (Å²) in [5, 5.41) is 30.5. The fraction of sp³-hybridized carbons (Fsp3) is 0.0625. The second-order valence-electron chi connectivity index (χ2n) is 4.80. The Morgan fingerprint density at radius 3 is 2.38 bits per heavy atom. The summed E-state index contributed by atoms with van der Waals surface area (Å²) in [6.45, 7) is -0.165. The SMILES string of the molecule is O=C(/C=C/c1cc(O)cc(O)c1)Nc1ccc(CO[N+](=O)[O-])cc1. The highest BCUT2D eigenvalue weighted by atomic mass is 16.9. The van der Waals surface area contributed by atoms with Crippen molar-refractivity contribution >= 4 is 17.7 Å². The molecule has 0 radical (unpaired) electrons. The van der Waals surface area contributed by atoms with Gasteiger partial charge in [-0.25, -0.2) is 0 Å². The Bertz CT molecular complexity index is 750. The zero-order valence-corrected chi connectivity index (χ0v) is 12.4. The summed E-state index contributed by atoms with van der Waals surface area (Å²) in [5.41, 5.74) is 1.57. The molecule has 0 aliphatic heterocycles. The minimum Gasteiger partial charge on any atom is -0.508 e. The average molecular weight is 330 g/mol. The van der Waals surface area contributed by atoms with E-state index >= 15 is 0 Å². The van der Waals surface area contributed by atoms with Crippen molar-refractivity contribution in [2.24, 2.45) is 0 Å². The predicted molar refractivity (Wildman–Crippen MR) is 85.7 cm³/mol. The van der Waals surface area contributed by atoms with Crippen molar-refractivity contribution in [2.75, 3.05) is 5.32 Å². The van der Waals surface area contributed by atoms with E-state index in [1.165, 1.54) is 30.4 Å². The molecule has 0 aliphatic carbocycles. The minimum absolute atomic E-state index is 0.109. The number of phenols is 2. The van der Waals surface area contributed by atoms with Crippen LogP contribution < -0.4 is 5.32 Å². The number of nitrogens with one attached hydrogen (secondary N) is 1. The van der Waals surface area contributed by atoms with E-state index < -0.39 is 11.0 Å². The molecule has 24 heavy (non-hydrogen) atoms. The first-order valence-electron chi connectivity index (χ1n) is 6.81. The molecule has 0 bridgehead atoms. The maximum atomic E-state index is 11.8. The Morgan fingerprint density at radius 1 is 1.17 bits per heavy atom. The summed E-state index contributed by atoms with van der Waals surface area (Å²) in [6, 6.07) is 10.3. The molecular formula is C16H14N2O6. The number of benzene rings is 2. The van der Waals surface area contributed by atoms with E-state index in [2.05, 4.69) is 10.2 Å². The van der Waals surface area contributed by atoms with E-state index in [-0.39, 0.29) is 18.1 Å². The molecule has 0 aromatic heterocycles. The number of amides is 1. The van der Waals surface area contributed by atoms with Gasteiger partial charge in [0.15, 0.2) is 0 Å². The van der Waals surface area contributed by atoms with Crippen LogP contribution in [0.3, 0.4) is 0 Å². The molecule has 2 rings (SSSR count). The fourth-order valence-corrected chi connectivity index (χ4v) is 1.88. The Morgan fingerprint density at radius 2 is 1.79 bits per heavy atom. The summed E-state index contributed by atoms with van der Waals surface area (Å²) in [7, 11) is 0. The lowest BCUT2D eigenvalue weighted by Crippen LogP contribution is -2.07. The van der Waals surface area contributed by atoms with Gasteiger partial charge in [0.25, 0.3) is 5.09 Å². The first-order valence-corrected chi connectivity index (χ1v) is 6.81. The van der Waals surface area contributed by atoms with Gasteiger partial charge in [0.2, 0.25) is 5.91 Å². The van der Waals surface area contributed by atoms with Crippen molar-refractivity contribution in [2.45, 2.75) is 6.61 Å². The van der Waals surface area contributed by atoms with Crippen molar-refractivity contribution in [3.63, 3.8) is 0 Å². The Hall–Kier alpha value is -3.55. The molecule has 0 heterocycles. The molecule has 2 aromatic rings. The van der Waals surface area contributed by atoms with Crippen LogP contribution in [0.2, 0.25) is 0 Å². The lowest BCUT2D eigenvalue weighted by Gasteiger charge is -2.04. The molecule has 0 atom stereocenters. The maximum Gasteiger partial charge on any atom is 0.294 e. The van der Waals surface area contributed by atoms with Gasteiger partial charge in [0.05, 0.1) is 0 Å². The van der Waals surface area contributed by atoms with Gasteiger partial charge >= 0.3 is 0 Å². The van der Waals surface area contributed by atoms with Crippen LogP contribution in [0.25, 0.3) is 6.08 Å². The third kappa shape index (κ3) is 5.34. The van der Waals surface area contributed by atoms with E-state index in [1.807, 2.05) is 0 Å². The lowest BCUT2D eigenvalue weighted by atomic mass is 10.2. The monoisotopic (exact) mass is 330 g/mol. The summed E-state index contributed by atoms with van der Waals surface area (Å²) in [5.74, 6) is -0.627. The Kier molecular flexibility index (Phi) is 5.35. The summed E-state index contributed by atoms with van der Waals surface area (Å²) < 4.78 is 0. The fourth-order valence-electron chi connectivity index (χ4n) is 1.88. The van der Waals surface area contributed by atoms with Gasteiger partial charge in [-0.2, -0.15) is 0 Å². The van der Waals surface area contributed by atoms with Crippen molar-refractivity contribution < 1.29 is 24.9 Å². The quantitative estimate of drug-likeness (QED) is 0.425. The molecule has 8 heteroatoms. The molecule has 2 aromatic carbocycles. The van der Waals surface area contributed by atoms with Gasteiger partial charge in [0.1, 0.15) is 18.1 Å². The molecule has 0 fully saturated rings. The van der Waals surface area contributed by atoms with Crippen molar-refractivity contribution in [3.8, 4) is 11.5 Å². The Labute approximate surface area is 136 Å². The standard InChI is InChI=1S/C16H14N2O6/c19-14-7-12(8-15(20)9-14)3-6-16(21)17-13-4-1-11(2-5-13)10-24-18(22)23/h1-9,19-20H,10H2,(H,17,21)/b6-3+. The van der Waals surface area contributed by atoms with E-state index in [0.717, 1.165) is 0 Å². The number of anilines is 1. The van der Waals surface area contributed by atoms with E-state index in [1.54, 1.807) is 24.3 Å². The summed E-state index contributed by atoms with van der Waals surface area (Å²) in [6.07, 6.45) is 2.69. The van der Waals surface area contributed by atoms with Crippen LogP contribution in [0.4, 0.5) is 5.69 Å². The molecule has 0 unspecified atom stereocenters. The van der Waals surface area contributed by atoms with E-state index in [9.17, 15) is 25.1 Å². The minimum atomic E-state index is -0.875. The number of rotatable bonds is 6. The second-order valence-corrected chi connectivity index (χ2v) is 4.80. The number of phenolic OH excluding ortho intramolecular Hbond substituents is 2. The van der Waals surface area contributed by atoms with Crippen molar-refractivity contribution in [3.05, 3.63) is 69.8 Å². The van der Waals surface area contributed by atoms with Gasteiger partial charge in [-0.3, -0.25) is 4.79 Å². The van der Waals surface area contributed by atoms with Crippen LogP contribution in [-0.2, 0) is 16.2 Å². The second kappa shape index (κ2) is 7.63. The third-order valence-electron chi connectivity index (χ3n) is 2.91. The van der Waals surface area contributed by atoms with Crippen LogP contribution in [0, 0.1) is 10.1 Å². The van der Waals surface area contributed by atoms with Crippen LogP contribution in [0.1, 0.15) is 11.1 Å². The molecule has 0 saturated carbocycles. The Balaban J connectivity index is 1.94. The van der Waals surface area contributed by atoms with Crippen molar-refractivity contribution in [1.82, 2.24) is 0 Å². The van der Waals surface area contributed by atoms with E-state index in [4.69, 9.17) is 0 Å². The molecule has 1 amide bonds. The van der Waals surface area contributed by atoms with Gasteiger partial charge < -0.3 is 20.4 Å². The highest BCUT2D eigenvalue weighted by molar-refractivity contribution is 6.01. The number of aromatic hydroxyl groups is 2. The third-order valence-corrected chi connectivity index (χ3v) is 2.91. The highest BCUT2D eigenvalue weighted by Gasteiger charge is 2.01. The number of hydrogen-bond acceptors (Lipinski definition) is 6. The largest absolute Gasteiger partial charge is 0.508 e. The van der Waals surface area contributed by atoms with Gasteiger partial charge in [-0.15, -0.1) is 10.1 Å². The zero-order chi connectivity index (χ0) is 17.5. The normalized spacial score (nSPS) is 10.5. The first-order chi connectivity index (χ1) is 11.4. The first kappa shape index (κ1) is 16.8. The van der Waals surface area contributed by atoms with Crippen LogP contribution >= 0.6 is 0 Å². The van der Waals surface area contributed by atoms with Gasteiger partial charge in [-0.05, 0) is 41.5 Å².